The molecule has 0 radical (unpaired) electrons. The third-order valence-electron chi connectivity index (χ3n) is 9.80. The van der Waals surface area contributed by atoms with E-state index < -0.39 is 100 Å². The van der Waals surface area contributed by atoms with E-state index in [1.165, 1.54) is 0 Å². The van der Waals surface area contributed by atoms with Gasteiger partial charge < -0.3 is 33.2 Å². The summed E-state index contributed by atoms with van der Waals surface area (Å²) >= 11 is 0. The molecule has 5 saturated heterocycles. The van der Waals surface area contributed by atoms with Crippen molar-refractivity contribution in [2.24, 2.45) is 17.8 Å². The van der Waals surface area contributed by atoms with E-state index in [4.69, 9.17) is 33.0 Å². The van der Waals surface area contributed by atoms with E-state index in [0.29, 0.717) is 19.8 Å². The average Bonchev–Trinajstić information content (AvgIpc) is 3.76. The minimum absolute atomic E-state index is 0.0245. The minimum Gasteiger partial charge on any atom is -0.458 e. The van der Waals surface area contributed by atoms with Crippen LogP contribution in [0.4, 0.5) is 8.78 Å². The van der Waals surface area contributed by atoms with Crippen LogP contribution in [-0.2, 0) is 62.5 Å². The summed E-state index contributed by atoms with van der Waals surface area (Å²) in [7, 11) is -5.85. The molecular formula is C27H34F2O14S. The van der Waals surface area contributed by atoms with Crippen LogP contribution in [0.1, 0.15) is 58.3 Å². The maximum absolute atomic E-state index is 13.8. The molecule has 6 aliphatic rings. The zero-order chi connectivity index (χ0) is 31.6. The van der Waals surface area contributed by atoms with Gasteiger partial charge in [0, 0.05) is 5.92 Å². The lowest BCUT2D eigenvalue weighted by atomic mass is 9.69. The molecule has 0 aromatic rings. The maximum Gasteiger partial charge on any atom is 0.405 e. The van der Waals surface area contributed by atoms with Gasteiger partial charge in [-0.25, -0.2) is 9.59 Å². The van der Waals surface area contributed by atoms with Crippen LogP contribution in [0, 0.1) is 17.8 Å². The van der Waals surface area contributed by atoms with E-state index in [1.54, 1.807) is 0 Å². The normalized spacial score (nSPS) is 37.5. The Labute approximate surface area is 251 Å². The third kappa shape index (κ3) is 5.37. The summed E-state index contributed by atoms with van der Waals surface area (Å²) in [6, 6.07) is 0. The summed E-state index contributed by atoms with van der Waals surface area (Å²) in [5, 5.41) is -4.77. The number of rotatable bonds is 11. The van der Waals surface area contributed by atoms with Gasteiger partial charge in [-0.3, -0.25) is 14.1 Å². The van der Waals surface area contributed by atoms with Crippen LogP contribution in [0.3, 0.4) is 0 Å². The van der Waals surface area contributed by atoms with Crippen molar-refractivity contribution in [1.82, 2.24) is 0 Å². The molecule has 5 heterocycles. The highest BCUT2D eigenvalue weighted by Gasteiger charge is 2.72. The average molecular weight is 653 g/mol. The second-order valence-corrected chi connectivity index (χ2v) is 13.9. The van der Waals surface area contributed by atoms with Gasteiger partial charge in [0.1, 0.15) is 42.9 Å². The topological polar surface area (TPSA) is 187 Å². The van der Waals surface area contributed by atoms with Gasteiger partial charge in [-0.2, -0.15) is 17.2 Å². The van der Waals surface area contributed by atoms with Gasteiger partial charge in [0.05, 0.1) is 12.2 Å². The summed E-state index contributed by atoms with van der Waals surface area (Å²) in [6.45, 7) is -1.34. The first kappa shape index (κ1) is 31.5. The predicted octanol–water partition coefficient (Wildman–Crippen LogP) is 1.08. The first-order valence-electron chi connectivity index (χ1n) is 14.8. The number of esters is 4. The largest absolute Gasteiger partial charge is 0.458 e. The van der Waals surface area contributed by atoms with E-state index in [-0.39, 0.29) is 18.1 Å². The smallest absolute Gasteiger partial charge is 0.405 e. The van der Waals surface area contributed by atoms with Gasteiger partial charge in [0.15, 0.2) is 18.3 Å². The van der Waals surface area contributed by atoms with Crippen LogP contribution in [-0.4, -0.2) is 104 Å². The molecule has 1 saturated carbocycles. The Balaban J connectivity index is 1.06. The summed E-state index contributed by atoms with van der Waals surface area (Å²) in [5.74, 6) is -5.65. The van der Waals surface area contributed by atoms with Crippen LogP contribution in [0.15, 0.2) is 0 Å². The molecule has 14 nitrogen and oxygen atoms in total. The van der Waals surface area contributed by atoms with Crippen LogP contribution >= 0.6 is 0 Å². The fourth-order valence-electron chi connectivity index (χ4n) is 7.81. The molecule has 0 spiro atoms. The molecule has 4 bridgehead atoms. The van der Waals surface area contributed by atoms with E-state index >= 15 is 0 Å². The number of hydrogen-bond acceptors (Lipinski definition) is 13. The van der Waals surface area contributed by atoms with Crippen molar-refractivity contribution in [2.45, 2.75) is 112 Å². The molecule has 1 aliphatic carbocycles. The molecule has 0 aromatic carbocycles. The Hall–Kier alpha value is -2.47. The molecule has 0 aromatic heterocycles. The number of carbonyl (C=O) groups is 4. The van der Waals surface area contributed by atoms with Gasteiger partial charge in [0.2, 0.25) is 0 Å². The Morgan fingerprint density at radius 2 is 1.75 bits per heavy atom. The molecule has 246 valence electrons. The summed E-state index contributed by atoms with van der Waals surface area (Å²) in [4.78, 5) is 51.0. The number of fused-ring (bicyclic) bond motifs is 3. The van der Waals surface area contributed by atoms with Crippen LogP contribution in [0.25, 0.3) is 0 Å². The molecule has 10 atom stereocenters. The monoisotopic (exact) mass is 652 g/mol. The molecule has 17 heteroatoms. The Morgan fingerprint density at radius 3 is 2.39 bits per heavy atom. The number of halogens is 2. The highest BCUT2D eigenvalue weighted by molar-refractivity contribution is 7.86. The number of hydrogen-bond donors (Lipinski definition) is 1. The number of carbonyl (C=O) groups excluding carboxylic acids is 4. The first-order valence-corrected chi connectivity index (χ1v) is 16.2. The summed E-state index contributed by atoms with van der Waals surface area (Å²) < 4.78 is 95.7. The summed E-state index contributed by atoms with van der Waals surface area (Å²) in [6.07, 6.45) is 0.610. The lowest BCUT2D eigenvalue weighted by Gasteiger charge is -2.44. The van der Waals surface area contributed by atoms with Crippen molar-refractivity contribution >= 4 is 34.0 Å². The van der Waals surface area contributed by atoms with Crippen molar-refractivity contribution in [1.29, 1.82) is 0 Å². The van der Waals surface area contributed by atoms with Crippen molar-refractivity contribution in [2.75, 3.05) is 13.2 Å². The fraction of sp³-hybridized carbons (Fsp3) is 0.852. The molecule has 5 aliphatic heterocycles. The highest BCUT2D eigenvalue weighted by Crippen LogP contribution is 2.54. The molecule has 0 amide bonds. The second kappa shape index (κ2) is 11.4. The van der Waals surface area contributed by atoms with Crippen molar-refractivity contribution in [3.05, 3.63) is 0 Å². The highest BCUT2D eigenvalue weighted by atomic mass is 32.2. The predicted molar refractivity (Wildman–Crippen MR) is 136 cm³/mol. The van der Waals surface area contributed by atoms with E-state index in [1.807, 2.05) is 0 Å². The molecule has 6 fully saturated rings. The Bertz CT molecular complexity index is 1300. The van der Waals surface area contributed by atoms with Gasteiger partial charge in [-0.05, 0) is 51.9 Å². The van der Waals surface area contributed by atoms with Gasteiger partial charge in [0.25, 0.3) is 0 Å². The quantitative estimate of drug-likeness (QED) is 0.190. The van der Waals surface area contributed by atoms with Crippen LogP contribution in [0.2, 0.25) is 0 Å². The third-order valence-corrected chi connectivity index (χ3v) is 10.8. The van der Waals surface area contributed by atoms with E-state index in [2.05, 4.69) is 4.74 Å². The van der Waals surface area contributed by atoms with Crippen LogP contribution in [0.5, 0.6) is 0 Å². The number of ether oxygens (including phenoxy) is 7. The molecule has 44 heavy (non-hydrogen) atoms. The van der Waals surface area contributed by atoms with Crippen molar-refractivity contribution < 1.29 is 74.1 Å². The Kier molecular flexibility index (Phi) is 8.17. The minimum atomic E-state index is -5.85. The SMILES string of the molecule is CC(OC(=O)COCC(=O)OC1C2OC(=O)C3C2OC1C3C(=O)OC1(C2CC3CCC2O3)CCCCC1)C(F)(F)S(=O)(=O)O. The van der Waals surface area contributed by atoms with E-state index in [0.717, 1.165) is 38.5 Å². The van der Waals surface area contributed by atoms with Crippen molar-refractivity contribution in [3.8, 4) is 0 Å². The first-order chi connectivity index (χ1) is 20.7. The second-order valence-electron chi connectivity index (χ2n) is 12.4. The van der Waals surface area contributed by atoms with E-state index in [9.17, 15) is 36.4 Å². The lowest BCUT2D eigenvalue weighted by molar-refractivity contribution is -0.186. The molecule has 10 unspecified atom stereocenters. The van der Waals surface area contributed by atoms with Crippen LogP contribution < -0.4 is 0 Å². The standard InChI is InChI=1S/C27H34F2O14S/c1-12(27(28,29)44(34,35)36)38-16(30)10-37-11-17(31)40-22-21-19(18-20(41-21)23(22)42-24(18)32)25(33)43-26(7-3-2-4-8-26)14-9-13-5-6-15(14)39-13/h12-15,18-23H,2-11H2,1H3,(H,34,35,36). The van der Waals surface area contributed by atoms with Gasteiger partial charge >= 0.3 is 39.2 Å². The lowest BCUT2D eigenvalue weighted by Crippen LogP contribution is -2.53. The zero-order valence-electron chi connectivity index (χ0n) is 23.8. The summed E-state index contributed by atoms with van der Waals surface area (Å²) in [5.41, 5.74) is -0.712. The van der Waals surface area contributed by atoms with Gasteiger partial charge in [-0.15, -0.1) is 0 Å². The fourth-order valence-corrected chi connectivity index (χ4v) is 8.28. The Morgan fingerprint density at radius 1 is 1.05 bits per heavy atom. The maximum atomic E-state index is 13.8. The van der Waals surface area contributed by atoms with Gasteiger partial charge in [-0.1, -0.05) is 6.42 Å². The number of alkyl halides is 2. The zero-order valence-corrected chi connectivity index (χ0v) is 24.6. The molecule has 1 N–H and O–H groups in total. The molecule has 6 rings (SSSR count). The molecular weight excluding hydrogens is 618 g/mol. The van der Waals surface area contributed by atoms with Crippen molar-refractivity contribution in [3.63, 3.8) is 0 Å².